The van der Waals surface area contributed by atoms with Crippen molar-refractivity contribution in [2.75, 3.05) is 6.54 Å². The molecular formula is C9H16N2O. The van der Waals surface area contributed by atoms with E-state index in [9.17, 15) is 0 Å². The third-order valence-corrected chi connectivity index (χ3v) is 2.61. The normalized spacial score (nSPS) is 32.9. The highest BCUT2D eigenvalue weighted by atomic mass is 16.5. The van der Waals surface area contributed by atoms with Gasteiger partial charge < -0.3 is 10.5 Å². The highest BCUT2D eigenvalue weighted by Crippen LogP contribution is 2.30. The van der Waals surface area contributed by atoms with Gasteiger partial charge in [0.25, 0.3) is 0 Å². The summed E-state index contributed by atoms with van der Waals surface area (Å²) in [5, 5.41) is 0. The van der Waals surface area contributed by atoms with Gasteiger partial charge in [-0.1, -0.05) is 0 Å². The molecule has 0 aromatic heterocycles. The molecular weight excluding hydrogens is 152 g/mol. The standard InChI is InChI=1S/C9H16N2O/c10-6-2-5-9-11-7-3-1-4-8(7)12-9/h7-8H,1-6,10H2. The van der Waals surface area contributed by atoms with Gasteiger partial charge in [-0.2, -0.15) is 0 Å². The van der Waals surface area contributed by atoms with E-state index in [1.165, 1.54) is 19.3 Å². The smallest absolute Gasteiger partial charge is 0.184 e. The Hall–Kier alpha value is -0.570. The van der Waals surface area contributed by atoms with E-state index < -0.39 is 0 Å². The van der Waals surface area contributed by atoms with Crippen LogP contribution < -0.4 is 5.73 Å². The summed E-state index contributed by atoms with van der Waals surface area (Å²) < 4.78 is 5.68. The van der Waals surface area contributed by atoms with Crippen LogP contribution in [0.15, 0.2) is 4.99 Å². The van der Waals surface area contributed by atoms with Gasteiger partial charge in [0.05, 0.1) is 6.04 Å². The predicted octanol–water partition coefficient (Wildman–Crippen LogP) is 1.08. The SMILES string of the molecule is NCCCC1=NC2CCCC2O1. The molecule has 0 aromatic carbocycles. The van der Waals surface area contributed by atoms with Crippen molar-refractivity contribution < 1.29 is 4.74 Å². The van der Waals surface area contributed by atoms with Gasteiger partial charge in [-0.05, 0) is 32.2 Å². The Balaban J connectivity index is 1.85. The molecule has 1 aliphatic carbocycles. The van der Waals surface area contributed by atoms with Gasteiger partial charge in [-0.3, -0.25) is 0 Å². The third-order valence-electron chi connectivity index (χ3n) is 2.61. The summed E-state index contributed by atoms with van der Waals surface area (Å²) in [5.41, 5.74) is 5.41. The Bertz CT molecular complexity index is 191. The average Bonchev–Trinajstić information content (AvgIpc) is 2.58. The van der Waals surface area contributed by atoms with Gasteiger partial charge in [-0.15, -0.1) is 0 Å². The van der Waals surface area contributed by atoms with E-state index in [2.05, 4.69) is 4.99 Å². The summed E-state index contributed by atoms with van der Waals surface area (Å²) >= 11 is 0. The Kier molecular flexibility index (Phi) is 2.30. The highest BCUT2D eigenvalue weighted by molar-refractivity contribution is 5.78. The van der Waals surface area contributed by atoms with Crippen molar-refractivity contribution in [3.05, 3.63) is 0 Å². The summed E-state index contributed by atoms with van der Waals surface area (Å²) in [6.45, 7) is 0.734. The quantitative estimate of drug-likeness (QED) is 0.685. The van der Waals surface area contributed by atoms with E-state index in [0.29, 0.717) is 12.1 Å². The number of hydrogen-bond acceptors (Lipinski definition) is 3. The van der Waals surface area contributed by atoms with Crippen LogP contribution in [0.5, 0.6) is 0 Å². The number of fused-ring (bicyclic) bond motifs is 1. The molecule has 1 saturated carbocycles. The van der Waals surface area contributed by atoms with Crippen LogP contribution in [-0.2, 0) is 4.74 Å². The maximum atomic E-state index is 5.68. The van der Waals surface area contributed by atoms with E-state index in [1.54, 1.807) is 0 Å². The highest BCUT2D eigenvalue weighted by Gasteiger charge is 2.34. The Labute approximate surface area is 73.0 Å². The lowest BCUT2D eigenvalue weighted by atomic mass is 10.2. The molecule has 2 rings (SSSR count). The summed E-state index contributed by atoms with van der Waals surface area (Å²) in [6, 6.07) is 0.484. The fourth-order valence-electron chi connectivity index (χ4n) is 1.96. The molecule has 0 bridgehead atoms. The van der Waals surface area contributed by atoms with Crippen LogP contribution in [0, 0.1) is 0 Å². The fraction of sp³-hybridized carbons (Fsp3) is 0.889. The minimum Gasteiger partial charge on any atom is -0.475 e. The second-order valence-corrected chi connectivity index (χ2v) is 3.57. The minimum absolute atomic E-state index is 0.415. The fourth-order valence-corrected chi connectivity index (χ4v) is 1.96. The average molecular weight is 168 g/mol. The molecule has 2 N–H and O–H groups in total. The zero-order valence-corrected chi connectivity index (χ0v) is 7.33. The zero-order chi connectivity index (χ0) is 8.39. The van der Waals surface area contributed by atoms with Crippen molar-refractivity contribution in [2.24, 2.45) is 10.7 Å². The van der Waals surface area contributed by atoms with Crippen molar-refractivity contribution in [1.29, 1.82) is 0 Å². The lowest BCUT2D eigenvalue weighted by molar-refractivity contribution is 0.205. The van der Waals surface area contributed by atoms with Crippen LogP contribution >= 0.6 is 0 Å². The molecule has 0 saturated heterocycles. The lowest BCUT2D eigenvalue weighted by Gasteiger charge is -2.07. The van der Waals surface area contributed by atoms with Gasteiger partial charge in [0.15, 0.2) is 5.90 Å². The maximum Gasteiger partial charge on any atom is 0.184 e. The number of aliphatic imine (C=N–C) groups is 1. The number of rotatable bonds is 3. The predicted molar refractivity (Wildman–Crippen MR) is 48.2 cm³/mol. The van der Waals surface area contributed by atoms with Crippen molar-refractivity contribution in [2.45, 2.75) is 44.2 Å². The van der Waals surface area contributed by atoms with Crippen LogP contribution in [0.2, 0.25) is 0 Å². The van der Waals surface area contributed by atoms with Crippen LogP contribution in [0.25, 0.3) is 0 Å². The first kappa shape index (κ1) is 8.05. The van der Waals surface area contributed by atoms with Crippen LogP contribution in [0.3, 0.4) is 0 Å². The van der Waals surface area contributed by atoms with Gasteiger partial charge in [0, 0.05) is 6.42 Å². The summed E-state index contributed by atoms with van der Waals surface area (Å²) in [7, 11) is 0. The molecule has 1 fully saturated rings. The molecule has 0 radical (unpaired) electrons. The molecule has 3 heteroatoms. The molecule has 1 heterocycles. The molecule has 3 nitrogen and oxygen atoms in total. The van der Waals surface area contributed by atoms with E-state index in [1.807, 2.05) is 0 Å². The lowest BCUT2D eigenvalue weighted by Crippen LogP contribution is -2.15. The van der Waals surface area contributed by atoms with E-state index in [0.717, 1.165) is 25.3 Å². The number of ether oxygens (including phenoxy) is 1. The molecule has 2 atom stereocenters. The van der Waals surface area contributed by atoms with E-state index in [4.69, 9.17) is 10.5 Å². The molecule has 0 spiro atoms. The first-order valence-corrected chi connectivity index (χ1v) is 4.83. The maximum absolute atomic E-state index is 5.68. The Morgan fingerprint density at radius 2 is 2.42 bits per heavy atom. The molecule has 0 aromatic rings. The summed E-state index contributed by atoms with van der Waals surface area (Å²) in [5.74, 6) is 0.954. The second-order valence-electron chi connectivity index (χ2n) is 3.57. The number of hydrogen-bond donors (Lipinski definition) is 1. The molecule has 2 unspecified atom stereocenters. The van der Waals surface area contributed by atoms with E-state index in [-0.39, 0.29) is 0 Å². The number of nitrogens with two attached hydrogens (primary N) is 1. The number of nitrogens with zero attached hydrogens (tertiary/aromatic N) is 1. The minimum atomic E-state index is 0.415. The van der Waals surface area contributed by atoms with Crippen LogP contribution in [0.1, 0.15) is 32.1 Å². The summed E-state index contributed by atoms with van der Waals surface area (Å²) in [4.78, 5) is 4.53. The van der Waals surface area contributed by atoms with Gasteiger partial charge in [0.2, 0.25) is 0 Å². The van der Waals surface area contributed by atoms with Crippen LogP contribution in [-0.4, -0.2) is 24.6 Å². The van der Waals surface area contributed by atoms with Crippen molar-refractivity contribution in [3.63, 3.8) is 0 Å². The van der Waals surface area contributed by atoms with Crippen molar-refractivity contribution in [1.82, 2.24) is 0 Å². The molecule has 0 amide bonds. The largest absolute Gasteiger partial charge is 0.475 e. The van der Waals surface area contributed by atoms with E-state index >= 15 is 0 Å². The molecule has 2 aliphatic rings. The topological polar surface area (TPSA) is 47.6 Å². The Morgan fingerprint density at radius 3 is 3.17 bits per heavy atom. The first-order chi connectivity index (χ1) is 5.90. The van der Waals surface area contributed by atoms with Gasteiger partial charge in [0.1, 0.15) is 6.10 Å². The monoisotopic (exact) mass is 168 g/mol. The Morgan fingerprint density at radius 1 is 1.50 bits per heavy atom. The van der Waals surface area contributed by atoms with Crippen molar-refractivity contribution in [3.8, 4) is 0 Å². The van der Waals surface area contributed by atoms with Crippen molar-refractivity contribution >= 4 is 5.90 Å². The van der Waals surface area contributed by atoms with Crippen LogP contribution in [0.4, 0.5) is 0 Å². The third kappa shape index (κ3) is 1.46. The summed E-state index contributed by atoms with van der Waals surface area (Å²) in [6.07, 6.45) is 6.04. The van der Waals surface area contributed by atoms with Gasteiger partial charge >= 0.3 is 0 Å². The molecule has 68 valence electrons. The van der Waals surface area contributed by atoms with Gasteiger partial charge in [-0.25, -0.2) is 4.99 Å². The first-order valence-electron chi connectivity index (χ1n) is 4.83. The second kappa shape index (κ2) is 3.44. The zero-order valence-electron chi connectivity index (χ0n) is 7.33. The molecule has 1 aliphatic heterocycles. The molecule has 12 heavy (non-hydrogen) atoms.